The molecular weight excluding hydrogens is 336 g/mol. The van der Waals surface area contributed by atoms with Crippen LogP contribution in [-0.2, 0) is 0 Å². The lowest BCUT2D eigenvalue weighted by Gasteiger charge is -2.38. The van der Waals surface area contributed by atoms with Gasteiger partial charge < -0.3 is 0 Å². The third-order valence-electron chi connectivity index (χ3n) is 5.22. The topological polar surface area (TPSA) is 0 Å². The molecule has 0 spiro atoms. The molecule has 0 radical (unpaired) electrons. The lowest BCUT2D eigenvalue weighted by Crippen LogP contribution is -2.43. The lowest BCUT2D eigenvalue weighted by molar-refractivity contribution is 0.838. The van der Waals surface area contributed by atoms with E-state index in [0.717, 1.165) is 5.57 Å². The second kappa shape index (κ2) is 8.69. The maximum atomic E-state index is 3.87. The van der Waals surface area contributed by atoms with Gasteiger partial charge in [0.1, 0.15) is 8.07 Å². The van der Waals surface area contributed by atoms with Crippen molar-refractivity contribution in [2.24, 2.45) is 0 Å². The highest BCUT2D eigenvalue weighted by molar-refractivity contribution is 7.08. The predicted octanol–water partition coefficient (Wildman–Crippen LogP) is 7.51. The molecule has 0 aliphatic rings. The molecule has 132 valence electrons. The van der Waals surface area contributed by atoms with Crippen molar-refractivity contribution < 1.29 is 0 Å². The van der Waals surface area contributed by atoms with Gasteiger partial charge in [0.15, 0.2) is 0 Å². The van der Waals surface area contributed by atoms with Crippen molar-refractivity contribution in [2.75, 3.05) is 0 Å². The average Bonchev–Trinajstić information content (AvgIpc) is 3.07. The highest BCUT2D eigenvalue weighted by atomic mass is 32.1. The zero-order valence-corrected chi connectivity index (χ0v) is 18.2. The van der Waals surface area contributed by atoms with E-state index in [1.54, 1.807) is 11.3 Å². The Morgan fingerprint density at radius 1 is 0.920 bits per heavy atom. The summed E-state index contributed by atoms with van der Waals surface area (Å²) in [6, 6.07) is 12.7. The standard InChI is InChI=1S/C23H30SSi/c1-18(2)25(19(3)4,20(5)6)15-13-23(16-21-12-14-24-17-21)22-10-8-7-9-11-22/h7-12,14,16-20H,1-6H3/b23-16+. The van der Waals surface area contributed by atoms with Crippen LogP contribution >= 0.6 is 11.3 Å². The molecule has 0 fully saturated rings. The van der Waals surface area contributed by atoms with Gasteiger partial charge in [-0.25, -0.2) is 0 Å². The number of rotatable bonds is 5. The van der Waals surface area contributed by atoms with E-state index in [0.29, 0.717) is 16.6 Å². The largest absolute Gasteiger partial charge is 0.152 e. The number of thiophene rings is 1. The van der Waals surface area contributed by atoms with Crippen molar-refractivity contribution in [1.29, 1.82) is 0 Å². The Balaban J connectivity index is 2.56. The highest BCUT2D eigenvalue weighted by Crippen LogP contribution is 2.41. The number of hydrogen-bond acceptors (Lipinski definition) is 1. The quantitative estimate of drug-likeness (QED) is 0.379. The first-order chi connectivity index (χ1) is 11.9. The minimum absolute atomic E-state index is 0.651. The van der Waals surface area contributed by atoms with Crippen LogP contribution in [0.15, 0.2) is 47.2 Å². The molecule has 0 atom stereocenters. The maximum Gasteiger partial charge on any atom is 0.146 e. The highest BCUT2D eigenvalue weighted by Gasteiger charge is 2.41. The van der Waals surface area contributed by atoms with E-state index in [2.05, 4.69) is 106 Å². The summed E-state index contributed by atoms with van der Waals surface area (Å²) in [4.78, 5) is 0. The van der Waals surface area contributed by atoms with Gasteiger partial charge in [-0.2, -0.15) is 11.3 Å². The Labute approximate surface area is 159 Å². The summed E-state index contributed by atoms with van der Waals surface area (Å²) in [5.41, 5.74) is 9.41. The molecule has 0 nitrogen and oxygen atoms in total. The van der Waals surface area contributed by atoms with Crippen LogP contribution in [-0.4, -0.2) is 8.07 Å². The van der Waals surface area contributed by atoms with Crippen molar-refractivity contribution in [2.45, 2.75) is 58.2 Å². The Kier molecular flexibility index (Phi) is 6.87. The predicted molar refractivity (Wildman–Crippen MR) is 117 cm³/mol. The van der Waals surface area contributed by atoms with Crippen molar-refractivity contribution in [1.82, 2.24) is 0 Å². The van der Waals surface area contributed by atoms with Crippen LogP contribution < -0.4 is 0 Å². The molecule has 0 aliphatic carbocycles. The fraction of sp³-hybridized carbons (Fsp3) is 0.391. The Hall–Kier alpha value is -1.56. The monoisotopic (exact) mass is 366 g/mol. The van der Waals surface area contributed by atoms with Gasteiger partial charge in [-0.1, -0.05) is 77.8 Å². The molecule has 2 aromatic rings. The molecule has 0 saturated heterocycles. The minimum Gasteiger partial charge on any atom is -0.152 e. The first kappa shape index (κ1) is 19.8. The summed E-state index contributed by atoms with van der Waals surface area (Å²) >= 11 is 1.73. The summed E-state index contributed by atoms with van der Waals surface area (Å²) in [6.07, 6.45) is 2.24. The summed E-state index contributed by atoms with van der Waals surface area (Å²) in [7, 11) is -1.72. The van der Waals surface area contributed by atoms with Crippen LogP contribution in [0.3, 0.4) is 0 Å². The van der Waals surface area contributed by atoms with Crippen LogP contribution in [0.25, 0.3) is 11.6 Å². The smallest absolute Gasteiger partial charge is 0.146 e. The van der Waals surface area contributed by atoms with Gasteiger partial charge in [-0.3, -0.25) is 0 Å². The van der Waals surface area contributed by atoms with Gasteiger partial charge in [0.25, 0.3) is 0 Å². The number of hydrogen-bond donors (Lipinski definition) is 0. The molecule has 2 rings (SSSR count). The normalized spacial score (nSPS) is 12.6. The van der Waals surface area contributed by atoms with Crippen molar-refractivity contribution in [3.8, 4) is 11.5 Å². The first-order valence-corrected chi connectivity index (χ1v) is 12.4. The maximum absolute atomic E-state index is 3.87. The molecule has 0 unspecified atom stereocenters. The van der Waals surface area contributed by atoms with E-state index < -0.39 is 8.07 Å². The fourth-order valence-corrected chi connectivity index (χ4v) is 9.78. The van der Waals surface area contributed by atoms with Crippen molar-refractivity contribution in [3.05, 3.63) is 58.3 Å². The second-order valence-corrected chi connectivity index (χ2v) is 14.0. The summed E-state index contributed by atoms with van der Waals surface area (Å²) in [6.45, 7) is 14.2. The molecule has 2 heteroatoms. The van der Waals surface area contributed by atoms with Gasteiger partial charge in [0, 0.05) is 5.57 Å². The van der Waals surface area contributed by atoms with Gasteiger partial charge in [-0.05, 0) is 50.7 Å². The van der Waals surface area contributed by atoms with E-state index in [-0.39, 0.29) is 0 Å². The molecular formula is C23H30SSi. The molecule has 0 aliphatic heterocycles. The molecule has 1 heterocycles. The summed E-state index contributed by atoms with van der Waals surface area (Å²) < 4.78 is 0. The SMILES string of the molecule is CC(C)[Si](C#C/C(=C\c1ccsc1)c1ccccc1)(C(C)C)C(C)C. The molecule has 1 aromatic heterocycles. The van der Waals surface area contributed by atoms with Crippen LogP contribution in [0.2, 0.25) is 16.6 Å². The number of allylic oxidation sites excluding steroid dienone is 1. The van der Waals surface area contributed by atoms with E-state index >= 15 is 0 Å². The van der Waals surface area contributed by atoms with Gasteiger partial charge in [0.05, 0.1) is 0 Å². The van der Waals surface area contributed by atoms with Gasteiger partial charge >= 0.3 is 0 Å². The zero-order chi connectivity index (χ0) is 18.4. The molecule has 0 bridgehead atoms. The van der Waals surface area contributed by atoms with Crippen LogP contribution in [0.1, 0.15) is 52.7 Å². The first-order valence-electron chi connectivity index (χ1n) is 9.20. The van der Waals surface area contributed by atoms with Crippen LogP contribution in [0, 0.1) is 11.5 Å². The third-order valence-corrected chi connectivity index (χ3v) is 12.2. The lowest BCUT2D eigenvalue weighted by atomic mass is 10.0. The van der Waals surface area contributed by atoms with Crippen molar-refractivity contribution >= 4 is 31.1 Å². The third kappa shape index (κ3) is 4.54. The fourth-order valence-electron chi connectivity index (χ4n) is 3.94. The molecule has 1 aromatic carbocycles. The van der Waals surface area contributed by atoms with Crippen LogP contribution in [0.4, 0.5) is 0 Å². The second-order valence-electron chi connectivity index (χ2n) is 7.63. The van der Waals surface area contributed by atoms with E-state index in [1.807, 2.05) is 0 Å². The Morgan fingerprint density at radius 2 is 1.52 bits per heavy atom. The van der Waals surface area contributed by atoms with E-state index in [4.69, 9.17) is 0 Å². The Morgan fingerprint density at radius 3 is 2.00 bits per heavy atom. The molecule has 0 saturated carbocycles. The van der Waals surface area contributed by atoms with E-state index in [1.165, 1.54) is 11.1 Å². The van der Waals surface area contributed by atoms with Crippen molar-refractivity contribution in [3.63, 3.8) is 0 Å². The van der Waals surface area contributed by atoms with Crippen LogP contribution in [0.5, 0.6) is 0 Å². The molecule has 25 heavy (non-hydrogen) atoms. The Bertz CT molecular complexity index is 719. The molecule has 0 N–H and O–H groups in total. The summed E-state index contributed by atoms with van der Waals surface area (Å²) in [5, 5.41) is 4.31. The minimum atomic E-state index is -1.72. The average molecular weight is 367 g/mol. The van der Waals surface area contributed by atoms with Gasteiger partial charge in [-0.15, -0.1) is 5.54 Å². The zero-order valence-electron chi connectivity index (χ0n) is 16.3. The van der Waals surface area contributed by atoms with Gasteiger partial charge in [0.2, 0.25) is 0 Å². The summed E-state index contributed by atoms with van der Waals surface area (Å²) in [5.74, 6) is 3.64. The molecule has 0 amide bonds. The number of benzene rings is 1. The van der Waals surface area contributed by atoms with E-state index in [9.17, 15) is 0 Å².